The van der Waals surface area contributed by atoms with Gasteiger partial charge in [0.1, 0.15) is 11.8 Å². The summed E-state index contributed by atoms with van der Waals surface area (Å²) in [6.45, 7) is 0. The molecule has 0 amide bonds. The zero-order valence-electron chi connectivity index (χ0n) is 5.09. The molecule has 0 atom stereocenters. The van der Waals surface area contributed by atoms with Crippen LogP contribution in [0.2, 0.25) is 0 Å². The first-order valence-corrected chi connectivity index (χ1v) is 2.67. The molecule has 0 bridgehead atoms. The predicted octanol–water partition coefficient (Wildman–Crippen LogP) is 0.269. The number of hydrogen-bond acceptors (Lipinski definition) is 3. The van der Waals surface area contributed by atoms with Crippen LogP contribution in [0.15, 0.2) is 29.6 Å². The van der Waals surface area contributed by atoms with E-state index < -0.39 is 0 Å². The molecule has 48 valence electrons. The van der Waals surface area contributed by atoms with Gasteiger partial charge in [-0.25, -0.2) is 4.79 Å². The van der Waals surface area contributed by atoms with Crippen LogP contribution in [0.5, 0.6) is 0 Å². The zero-order valence-corrected chi connectivity index (χ0v) is 5.09. The molecule has 3 heteroatoms. The van der Waals surface area contributed by atoms with Crippen LogP contribution in [0.4, 0.5) is 0 Å². The molecule has 1 N–H and O–H groups in total. The van der Waals surface area contributed by atoms with Gasteiger partial charge in [0.05, 0.1) is 5.57 Å². The highest BCUT2D eigenvalue weighted by Gasteiger charge is 2.04. The van der Waals surface area contributed by atoms with Crippen LogP contribution in [-0.2, 0) is 4.79 Å². The van der Waals surface area contributed by atoms with Crippen molar-refractivity contribution in [2.24, 2.45) is 0 Å². The van der Waals surface area contributed by atoms with Gasteiger partial charge in [0.2, 0.25) is 0 Å². The van der Waals surface area contributed by atoms with E-state index in [0.717, 1.165) is 0 Å². The molecule has 0 aromatic rings. The molecule has 0 fully saturated rings. The lowest BCUT2D eigenvalue weighted by Gasteiger charge is -2.02. The van der Waals surface area contributed by atoms with Gasteiger partial charge in [0.25, 0.3) is 0 Å². The third-order valence-corrected chi connectivity index (χ3v) is 1.08. The van der Waals surface area contributed by atoms with Gasteiger partial charge in [-0.3, -0.25) is 0 Å². The van der Waals surface area contributed by atoms with E-state index in [0.29, 0.717) is 5.57 Å². The molecule has 1 rings (SSSR count). The molecule has 3 nitrogen and oxygen atoms in total. The number of rotatable bonds is 0. The number of hydrogen-bond donors (Lipinski definition) is 1. The van der Waals surface area contributed by atoms with Gasteiger partial charge >= 0.3 is 0 Å². The second-order valence-corrected chi connectivity index (χ2v) is 1.67. The van der Waals surface area contributed by atoms with E-state index in [1.165, 1.54) is 0 Å². The minimum absolute atomic E-state index is 0.199. The quantitative estimate of drug-likeness (QED) is 0.481. The van der Waals surface area contributed by atoms with Crippen molar-refractivity contribution in [3.8, 4) is 6.07 Å². The minimum atomic E-state index is 0.199. The highest BCUT2D eigenvalue weighted by Crippen LogP contribution is 2.05. The van der Waals surface area contributed by atoms with Crippen LogP contribution in [0, 0.1) is 11.3 Å². The molecule has 0 radical (unpaired) electrons. The summed E-state index contributed by atoms with van der Waals surface area (Å²) in [6, 6.07) is 1.85. The summed E-state index contributed by atoms with van der Waals surface area (Å²) in [5.74, 6) is 1.62. The van der Waals surface area contributed by atoms with Gasteiger partial charge in [0, 0.05) is 6.20 Å². The average molecular weight is 132 g/mol. The second kappa shape index (κ2) is 2.67. The van der Waals surface area contributed by atoms with Gasteiger partial charge in [-0.1, -0.05) is 0 Å². The van der Waals surface area contributed by atoms with Crippen LogP contribution in [0.25, 0.3) is 0 Å². The van der Waals surface area contributed by atoms with E-state index in [4.69, 9.17) is 5.26 Å². The van der Waals surface area contributed by atoms with Crippen molar-refractivity contribution in [1.82, 2.24) is 5.32 Å². The van der Waals surface area contributed by atoms with Crippen LogP contribution in [0.3, 0.4) is 0 Å². The third-order valence-electron chi connectivity index (χ3n) is 1.08. The van der Waals surface area contributed by atoms with Gasteiger partial charge < -0.3 is 5.32 Å². The van der Waals surface area contributed by atoms with Crippen molar-refractivity contribution < 1.29 is 4.79 Å². The van der Waals surface area contributed by atoms with Crippen molar-refractivity contribution in [2.75, 3.05) is 0 Å². The maximum atomic E-state index is 10.1. The van der Waals surface area contributed by atoms with E-state index >= 15 is 0 Å². The number of dihydropyridines is 1. The normalized spacial score (nSPS) is 14.7. The molecule has 0 aliphatic carbocycles. The highest BCUT2D eigenvalue weighted by molar-refractivity contribution is 5.65. The molecule has 0 saturated carbocycles. The average Bonchev–Trinajstić information content (AvgIpc) is 2.04. The molecule has 0 aromatic heterocycles. The first-order valence-electron chi connectivity index (χ1n) is 2.67. The molecular formula is C7H4N2O. The number of carbonyl (C=O) groups excluding carboxylic acids is 1. The summed E-state index contributed by atoms with van der Waals surface area (Å²) in [5.41, 5.74) is 0.516. The van der Waals surface area contributed by atoms with Crippen LogP contribution >= 0.6 is 0 Å². The molecule has 0 saturated heterocycles. The Kier molecular flexibility index (Phi) is 1.70. The van der Waals surface area contributed by atoms with E-state index in [-0.39, 0.29) is 5.70 Å². The van der Waals surface area contributed by atoms with Crippen LogP contribution < -0.4 is 5.32 Å². The maximum Gasteiger partial charge on any atom is 0.151 e. The summed E-state index contributed by atoms with van der Waals surface area (Å²) in [7, 11) is 0. The molecule has 1 heterocycles. The highest BCUT2D eigenvalue weighted by atomic mass is 16.1. The lowest BCUT2D eigenvalue weighted by Crippen LogP contribution is -2.09. The Bertz CT molecular complexity index is 287. The first kappa shape index (κ1) is 6.34. The van der Waals surface area contributed by atoms with Gasteiger partial charge in [-0.15, -0.1) is 0 Å². The lowest BCUT2D eigenvalue weighted by atomic mass is 10.2. The molecule has 1 aliphatic rings. The summed E-state index contributed by atoms with van der Waals surface area (Å²) >= 11 is 0. The van der Waals surface area contributed by atoms with Crippen LogP contribution in [-0.4, -0.2) is 5.94 Å². The molecule has 0 spiro atoms. The zero-order chi connectivity index (χ0) is 7.40. The predicted molar refractivity (Wildman–Crippen MR) is 35.2 cm³/mol. The Morgan fingerprint density at radius 3 is 2.90 bits per heavy atom. The Labute approximate surface area is 58.0 Å². The molecule has 10 heavy (non-hydrogen) atoms. The SMILES string of the molecule is N#CC1=CC=CNC1=C=O. The lowest BCUT2D eigenvalue weighted by molar-refractivity contribution is 0.566. The summed E-state index contributed by atoms with van der Waals surface area (Å²) in [6.07, 6.45) is 4.78. The fourth-order valence-corrected chi connectivity index (χ4v) is 0.614. The van der Waals surface area contributed by atoms with Crippen molar-refractivity contribution in [3.05, 3.63) is 29.6 Å². The maximum absolute atomic E-state index is 10.1. The first-order chi connectivity index (χ1) is 4.88. The standard InChI is InChI=1S/C7H4N2O/c8-4-6-2-1-3-9-7(6)5-10/h1-3,9H. The van der Waals surface area contributed by atoms with E-state index in [1.807, 2.05) is 6.07 Å². The number of allylic oxidation sites excluding steroid dienone is 3. The molecule has 0 aromatic carbocycles. The summed E-state index contributed by atoms with van der Waals surface area (Å²) in [5, 5.41) is 11.0. The third kappa shape index (κ3) is 0.970. The van der Waals surface area contributed by atoms with Crippen molar-refractivity contribution >= 4 is 5.94 Å². The Morgan fingerprint density at radius 2 is 2.40 bits per heavy atom. The number of nitrogens with one attached hydrogen (secondary N) is 1. The smallest absolute Gasteiger partial charge is 0.151 e. The van der Waals surface area contributed by atoms with Crippen molar-refractivity contribution in [2.45, 2.75) is 0 Å². The van der Waals surface area contributed by atoms with Crippen molar-refractivity contribution in [3.63, 3.8) is 0 Å². The fourth-order valence-electron chi connectivity index (χ4n) is 0.614. The van der Waals surface area contributed by atoms with Gasteiger partial charge in [-0.05, 0) is 12.2 Å². The van der Waals surface area contributed by atoms with E-state index in [1.54, 1.807) is 24.3 Å². The second-order valence-electron chi connectivity index (χ2n) is 1.67. The number of nitriles is 1. The Balaban J connectivity index is 3.06. The van der Waals surface area contributed by atoms with E-state index in [2.05, 4.69) is 5.32 Å². The Hall–Kier alpha value is -1.78. The molecular weight excluding hydrogens is 128 g/mol. The molecule has 0 unspecified atom stereocenters. The minimum Gasteiger partial charge on any atom is -0.352 e. The van der Waals surface area contributed by atoms with E-state index in [9.17, 15) is 4.79 Å². The number of nitrogens with zero attached hydrogens (tertiary/aromatic N) is 1. The molecule has 1 aliphatic heterocycles. The summed E-state index contributed by atoms with van der Waals surface area (Å²) < 4.78 is 0. The van der Waals surface area contributed by atoms with Gasteiger partial charge in [-0.2, -0.15) is 5.26 Å². The van der Waals surface area contributed by atoms with Gasteiger partial charge in [0.15, 0.2) is 5.94 Å². The topological polar surface area (TPSA) is 52.9 Å². The summed E-state index contributed by atoms with van der Waals surface area (Å²) in [4.78, 5) is 10.1. The fraction of sp³-hybridized carbons (Fsp3) is 0. The largest absolute Gasteiger partial charge is 0.352 e. The Morgan fingerprint density at radius 1 is 1.60 bits per heavy atom. The monoisotopic (exact) mass is 132 g/mol. The van der Waals surface area contributed by atoms with Crippen molar-refractivity contribution in [1.29, 1.82) is 5.26 Å². The van der Waals surface area contributed by atoms with Crippen LogP contribution in [0.1, 0.15) is 0 Å².